The van der Waals surface area contributed by atoms with Crippen LogP contribution in [0.1, 0.15) is 23.1 Å². The number of benzene rings is 1. The number of anilines is 1. The van der Waals surface area contributed by atoms with Gasteiger partial charge >= 0.3 is 12.8 Å². The molecule has 148 valence electrons. The first-order valence-electron chi connectivity index (χ1n) is 7.37. The van der Waals surface area contributed by atoms with Crippen molar-refractivity contribution in [3.8, 4) is 11.5 Å². The summed E-state index contributed by atoms with van der Waals surface area (Å²) in [7, 11) is 1.05. The van der Waals surface area contributed by atoms with Gasteiger partial charge in [0.25, 0.3) is 5.91 Å². The molecule has 0 saturated carbocycles. The van der Waals surface area contributed by atoms with Crippen LogP contribution in [-0.4, -0.2) is 28.9 Å². The Morgan fingerprint density at radius 3 is 2.52 bits per heavy atom. The molecule has 6 nitrogen and oxygen atoms in total. The van der Waals surface area contributed by atoms with Gasteiger partial charge in [0.2, 0.25) is 0 Å². The number of alkyl halides is 5. The topological polar surface area (TPSA) is 65.4 Å². The van der Waals surface area contributed by atoms with Gasteiger partial charge in [0.15, 0.2) is 22.9 Å². The molecule has 1 aromatic carbocycles. The lowest BCUT2D eigenvalue weighted by Gasteiger charge is -2.13. The molecule has 1 amide bonds. The zero-order chi connectivity index (χ0) is 20.4. The average molecular weight is 458 g/mol. The van der Waals surface area contributed by atoms with Crippen LogP contribution in [0, 0.1) is 0 Å². The predicted octanol–water partition coefficient (Wildman–Crippen LogP) is 4.45. The molecule has 0 unspecified atom stereocenters. The fourth-order valence-electron chi connectivity index (χ4n) is 2.19. The van der Waals surface area contributed by atoms with Crippen molar-refractivity contribution in [1.82, 2.24) is 9.78 Å². The number of hydrogen-bond donors (Lipinski definition) is 1. The van der Waals surface area contributed by atoms with Crippen molar-refractivity contribution in [1.29, 1.82) is 0 Å². The zero-order valence-electron chi connectivity index (χ0n) is 13.9. The molecule has 0 bridgehead atoms. The van der Waals surface area contributed by atoms with E-state index in [0.717, 1.165) is 13.1 Å². The molecule has 2 rings (SSSR count). The highest BCUT2D eigenvalue weighted by Gasteiger charge is 2.39. The number of nitrogens with one attached hydrogen (secondary N) is 1. The highest BCUT2D eigenvalue weighted by molar-refractivity contribution is 9.10. The first-order valence-corrected chi connectivity index (χ1v) is 8.16. The Labute approximate surface area is 158 Å². The Bertz CT molecular complexity index is 839. The molecule has 2 aromatic rings. The van der Waals surface area contributed by atoms with Gasteiger partial charge in [-0.25, -0.2) is 0 Å². The summed E-state index contributed by atoms with van der Waals surface area (Å²) in [5.74, 6) is -1.24. The van der Waals surface area contributed by atoms with Crippen LogP contribution in [0.5, 0.6) is 11.5 Å². The summed E-state index contributed by atoms with van der Waals surface area (Å²) in [6, 6.07) is 3.58. The van der Waals surface area contributed by atoms with Crippen molar-refractivity contribution < 1.29 is 36.2 Å². The Hall–Kier alpha value is -2.37. The van der Waals surface area contributed by atoms with E-state index in [4.69, 9.17) is 4.74 Å². The van der Waals surface area contributed by atoms with E-state index in [0.29, 0.717) is 4.68 Å². The number of carbonyl (C=O) groups is 1. The molecule has 12 heteroatoms. The van der Waals surface area contributed by atoms with E-state index in [1.165, 1.54) is 12.1 Å². The van der Waals surface area contributed by atoms with E-state index in [-0.39, 0.29) is 23.8 Å². The minimum absolute atomic E-state index is 0.0633. The van der Waals surface area contributed by atoms with Crippen LogP contribution in [0.15, 0.2) is 22.7 Å². The maximum absolute atomic E-state index is 13.0. The maximum atomic E-state index is 13.0. The molecular formula is C15H13BrF5N3O3. The van der Waals surface area contributed by atoms with Crippen LogP contribution >= 0.6 is 15.9 Å². The third-order valence-electron chi connectivity index (χ3n) is 3.19. The molecule has 0 saturated heterocycles. The van der Waals surface area contributed by atoms with Crippen molar-refractivity contribution in [3.05, 3.63) is 34.1 Å². The molecule has 0 radical (unpaired) electrons. The van der Waals surface area contributed by atoms with Gasteiger partial charge in [-0.15, -0.1) is 0 Å². The van der Waals surface area contributed by atoms with E-state index in [9.17, 15) is 26.7 Å². The monoisotopic (exact) mass is 457 g/mol. The predicted molar refractivity (Wildman–Crippen MR) is 88.1 cm³/mol. The molecular weight excluding hydrogens is 445 g/mol. The number of amides is 1. The summed E-state index contributed by atoms with van der Waals surface area (Å²) in [5.41, 5.74) is -1.52. The van der Waals surface area contributed by atoms with Gasteiger partial charge in [-0.3, -0.25) is 9.48 Å². The highest BCUT2D eigenvalue weighted by atomic mass is 79.9. The van der Waals surface area contributed by atoms with E-state index in [1.807, 2.05) is 0 Å². The van der Waals surface area contributed by atoms with Gasteiger partial charge in [-0.2, -0.15) is 27.1 Å². The second kappa shape index (κ2) is 8.11. The van der Waals surface area contributed by atoms with Gasteiger partial charge in [0.1, 0.15) is 0 Å². The van der Waals surface area contributed by atoms with E-state index < -0.39 is 34.6 Å². The normalized spacial score (nSPS) is 11.6. The summed E-state index contributed by atoms with van der Waals surface area (Å²) in [5, 5.41) is 5.91. The molecule has 0 aliphatic rings. The van der Waals surface area contributed by atoms with Gasteiger partial charge in [-0.05, 0) is 35.0 Å². The molecule has 0 spiro atoms. The number of aryl methyl sites for hydroxylation is 1. The molecule has 0 atom stereocenters. The van der Waals surface area contributed by atoms with Crippen molar-refractivity contribution >= 4 is 27.5 Å². The number of hydrogen-bond acceptors (Lipinski definition) is 4. The third-order valence-corrected chi connectivity index (χ3v) is 3.94. The lowest BCUT2D eigenvalue weighted by molar-refractivity contribution is -0.144. The average Bonchev–Trinajstić information content (AvgIpc) is 2.84. The highest BCUT2D eigenvalue weighted by Crippen LogP contribution is 2.37. The van der Waals surface area contributed by atoms with Crippen molar-refractivity contribution in [2.75, 3.05) is 11.9 Å². The molecule has 0 aliphatic heterocycles. The molecule has 1 heterocycles. The molecule has 1 aromatic heterocycles. The zero-order valence-corrected chi connectivity index (χ0v) is 15.5. The molecule has 0 fully saturated rings. The van der Waals surface area contributed by atoms with Crippen LogP contribution in [-0.2, 0) is 13.2 Å². The summed E-state index contributed by atoms with van der Waals surface area (Å²) >= 11 is 2.74. The van der Waals surface area contributed by atoms with E-state index in [2.05, 4.69) is 31.1 Å². The van der Waals surface area contributed by atoms with Gasteiger partial charge < -0.3 is 14.8 Å². The standard InChI is InChI=1S/C15H13BrF5N3O3/c1-3-26-9-6-7(4-5-8(9)27-14(17)18)22-13(25)11-10(16)12(15(19,20)21)24(2)23-11/h4-6,14H,3H2,1-2H3,(H,22,25). The Balaban J connectivity index is 2.29. The second-order valence-electron chi connectivity index (χ2n) is 5.06. The molecule has 27 heavy (non-hydrogen) atoms. The lowest BCUT2D eigenvalue weighted by atomic mass is 10.2. The lowest BCUT2D eigenvalue weighted by Crippen LogP contribution is -2.14. The number of ether oxygens (including phenoxy) is 2. The van der Waals surface area contributed by atoms with Crippen LogP contribution in [0.25, 0.3) is 0 Å². The van der Waals surface area contributed by atoms with Gasteiger partial charge in [-0.1, -0.05) is 0 Å². The fourth-order valence-corrected chi connectivity index (χ4v) is 2.93. The smallest absolute Gasteiger partial charge is 0.434 e. The number of rotatable bonds is 6. The van der Waals surface area contributed by atoms with E-state index in [1.54, 1.807) is 6.92 Å². The summed E-state index contributed by atoms with van der Waals surface area (Å²) < 4.78 is 73.2. The second-order valence-corrected chi connectivity index (χ2v) is 5.85. The Kier molecular flexibility index (Phi) is 6.29. The number of halogens is 6. The number of carbonyl (C=O) groups excluding carboxylic acids is 1. The van der Waals surface area contributed by atoms with Gasteiger partial charge in [0.05, 0.1) is 11.1 Å². The number of aromatic nitrogens is 2. The van der Waals surface area contributed by atoms with Crippen LogP contribution in [0.4, 0.5) is 27.6 Å². The summed E-state index contributed by atoms with van der Waals surface area (Å²) in [4.78, 5) is 12.3. The van der Waals surface area contributed by atoms with Crippen molar-refractivity contribution in [2.24, 2.45) is 7.05 Å². The largest absolute Gasteiger partial charge is 0.490 e. The third kappa shape index (κ3) is 4.87. The van der Waals surface area contributed by atoms with Gasteiger partial charge in [0, 0.05) is 18.8 Å². The van der Waals surface area contributed by atoms with Crippen molar-refractivity contribution in [2.45, 2.75) is 19.7 Å². The quantitative estimate of drug-likeness (QED) is 0.650. The molecule has 0 aliphatic carbocycles. The fraction of sp³-hybridized carbons (Fsp3) is 0.333. The summed E-state index contributed by atoms with van der Waals surface area (Å²) in [6.45, 7) is -1.33. The maximum Gasteiger partial charge on any atom is 0.434 e. The Morgan fingerprint density at radius 1 is 1.33 bits per heavy atom. The van der Waals surface area contributed by atoms with Crippen LogP contribution in [0.2, 0.25) is 0 Å². The first-order chi connectivity index (χ1) is 12.5. The van der Waals surface area contributed by atoms with E-state index >= 15 is 0 Å². The van der Waals surface area contributed by atoms with Crippen LogP contribution in [0.3, 0.4) is 0 Å². The van der Waals surface area contributed by atoms with Crippen LogP contribution < -0.4 is 14.8 Å². The summed E-state index contributed by atoms with van der Waals surface area (Å²) in [6.07, 6.45) is -4.71. The Morgan fingerprint density at radius 2 is 2.00 bits per heavy atom. The molecule has 1 N–H and O–H groups in total. The SMILES string of the molecule is CCOc1cc(NC(=O)c2nn(C)c(C(F)(F)F)c2Br)ccc1OC(F)F. The first kappa shape index (κ1) is 20.9. The van der Waals surface area contributed by atoms with Crippen molar-refractivity contribution in [3.63, 3.8) is 0 Å². The minimum atomic E-state index is -4.71. The number of nitrogens with zero attached hydrogens (tertiary/aromatic N) is 2. The minimum Gasteiger partial charge on any atom is -0.490 e.